The van der Waals surface area contributed by atoms with Gasteiger partial charge in [-0.2, -0.15) is 5.10 Å². The Labute approximate surface area is 180 Å². The fourth-order valence-electron chi connectivity index (χ4n) is 3.44. The lowest BCUT2D eigenvalue weighted by atomic mass is 10.1. The second kappa shape index (κ2) is 9.82. The third-order valence-corrected chi connectivity index (χ3v) is 5.77. The molecule has 1 atom stereocenters. The third kappa shape index (κ3) is 5.03. The van der Waals surface area contributed by atoms with Gasteiger partial charge in [0.2, 0.25) is 0 Å². The molecule has 2 aromatic heterocycles. The Morgan fingerprint density at radius 2 is 2.17 bits per heavy atom. The van der Waals surface area contributed by atoms with Gasteiger partial charge < -0.3 is 15.4 Å². The van der Waals surface area contributed by atoms with Crippen LogP contribution in [0.5, 0.6) is 0 Å². The molecule has 30 heavy (non-hydrogen) atoms. The van der Waals surface area contributed by atoms with E-state index >= 15 is 0 Å². The van der Waals surface area contributed by atoms with E-state index in [1.54, 1.807) is 18.4 Å². The van der Waals surface area contributed by atoms with Crippen LogP contribution < -0.4 is 10.6 Å². The first-order chi connectivity index (χ1) is 14.7. The van der Waals surface area contributed by atoms with Crippen LogP contribution in [0.1, 0.15) is 30.7 Å². The Balaban J connectivity index is 1.39. The fraction of sp³-hybridized carbons (Fsp3) is 0.429. The molecule has 0 saturated heterocycles. The number of fused-ring (bicyclic) bond motifs is 1. The first kappa shape index (κ1) is 20.5. The zero-order chi connectivity index (χ0) is 20.8. The number of benzene rings is 1. The van der Waals surface area contributed by atoms with Crippen molar-refractivity contribution in [2.24, 2.45) is 4.99 Å². The van der Waals surface area contributed by atoms with Crippen LogP contribution in [-0.4, -0.2) is 45.4 Å². The van der Waals surface area contributed by atoms with Crippen LogP contribution >= 0.6 is 11.3 Å². The topological polar surface area (TPSA) is 89.2 Å². The Bertz CT molecular complexity index is 982. The van der Waals surface area contributed by atoms with Gasteiger partial charge in [0, 0.05) is 37.1 Å². The van der Waals surface area contributed by atoms with Crippen molar-refractivity contribution in [3.8, 4) is 10.6 Å². The molecule has 1 aromatic carbocycles. The van der Waals surface area contributed by atoms with Gasteiger partial charge in [-0.25, -0.2) is 19.6 Å². The highest BCUT2D eigenvalue weighted by Crippen LogP contribution is 2.23. The minimum Gasteiger partial charge on any atom is -0.377 e. The average Bonchev–Trinajstić information content (AvgIpc) is 3.39. The van der Waals surface area contributed by atoms with E-state index in [2.05, 4.69) is 45.2 Å². The molecular weight excluding hydrogens is 398 g/mol. The van der Waals surface area contributed by atoms with Crippen LogP contribution in [0, 0.1) is 0 Å². The molecule has 0 spiro atoms. The molecular formula is C21H27N7OS. The lowest BCUT2D eigenvalue weighted by Gasteiger charge is -2.25. The van der Waals surface area contributed by atoms with Crippen LogP contribution in [0.4, 0.5) is 0 Å². The summed E-state index contributed by atoms with van der Waals surface area (Å²) in [5, 5.41) is 14.5. The van der Waals surface area contributed by atoms with Crippen molar-refractivity contribution >= 4 is 17.3 Å². The lowest BCUT2D eigenvalue weighted by molar-refractivity contribution is 0.177. The second-order valence-electron chi connectivity index (χ2n) is 7.14. The van der Waals surface area contributed by atoms with Crippen molar-refractivity contribution in [2.75, 3.05) is 13.7 Å². The van der Waals surface area contributed by atoms with Crippen molar-refractivity contribution in [1.82, 2.24) is 30.4 Å². The molecule has 1 aliphatic rings. The Hall–Kier alpha value is -2.78. The number of nitrogens with one attached hydrogen (secondary N) is 2. The summed E-state index contributed by atoms with van der Waals surface area (Å²) in [7, 11) is 1.66. The molecule has 158 valence electrons. The lowest BCUT2D eigenvalue weighted by Crippen LogP contribution is -2.47. The molecule has 2 N–H and O–H groups in total. The molecule has 3 heterocycles. The van der Waals surface area contributed by atoms with Crippen molar-refractivity contribution < 1.29 is 4.74 Å². The standard InChI is InChI=1S/C21H27N7OS/c1-3-22-21(23-11-17-14-30-20(24-17)15-7-5-4-6-8-15)25-16-9-10-19-26-18(13-29-2)27-28(19)12-16/h4-8,14,16H,3,9-13H2,1-2H3,(H2,22,23,25). The Morgan fingerprint density at radius 3 is 2.97 bits per heavy atom. The highest BCUT2D eigenvalue weighted by molar-refractivity contribution is 7.13. The van der Waals surface area contributed by atoms with Crippen LogP contribution in [0.2, 0.25) is 0 Å². The number of ether oxygens (including phenoxy) is 1. The maximum Gasteiger partial charge on any atom is 0.191 e. The van der Waals surface area contributed by atoms with E-state index in [9.17, 15) is 0 Å². The van der Waals surface area contributed by atoms with Crippen LogP contribution in [0.3, 0.4) is 0 Å². The molecule has 3 aromatic rings. The number of rotatable bonds is 7. The van der Waals surface area contributed by atoms with Crippen LogP contribution in [0.25, 0.3) is 10.6 Å². The number of hydrogen-bond acceptors (Lipinski definition) is 6. The van der Waals surface area contributed by atoms with E-state index < -0.39 is 0 Å². The molecule has 0 fully saturated rings. The molecule has 4 rings (SSSR count). The van der Waals surface area contributed by atoms with Gasteiger partial charge in [-0.1, -0.05) is 30.3 Å². The summed E-state index contributed by atoms with van der Waals surface area (Å²) in [6.07, 6.45) is 1.88. The summed E-state index contributed by atoms with van der Waals surface area (Å²) in [6.45, 7) is 4.63. The summed E-state index contributed by atoms with van der Waals surface area (Å²) in [5.41, 5.74) is 2.11. The molecule has 0 aliphatic carbocycles. The average molecular weight is 426 g/mol. The van der Waals surface area contributed by atoms with Crippen LogP contribution in [-0.2, 0) is 30.9 Å². The molecule has 9 heteroatoms. The number of methoxy groups -OCH3 is 1. The van der Waals surface area contributed by atoms with Gasteiger partial charge in [0.15, 0.2) is 11.8 Å². The zero-order valence-corrected chi connectivity index (χ0v) is 18.2. The predicted octanol–water partition coefficient (Wildman–Crippen LogP) is 2.62. The van der Waals surface area contributed by atoms with Crippen molar-refractivity contribution in [2.45, 2.75) is 45.5 Å². The minimum atomic E-state index is 0.253. The van der Waals surface area contributed by atoms with Gasteiger partial charge in [-0.3, -0.25) is 0 Å². The Kier molecular flexibility index (Phi) is 6.70. The van der Waals surface area contributed by atoms with Crippen molar-refractivity contribution in [3.63, 3.8) is 0 Å². The first-order valence-electron chi connectivity index (χ1n) is 10.2. The maximum absolute atomic E-state index is 5.14. The highest BCUT2D eigenvalue weighted by Gasteiger charge is 2.22. The SMILES string of the molecule is CCNC(=NCc1csc(-c2ccccc2)n1)NC1CCc2nc(COC)nn2C1. The predicted molar refractivity (Wildman–Crippen MR) is 118 cm³/mol. The van der Waals surface area contributed by atoms with Gasteiger partial charge in [0.05, 0.1) is 18.8 Å². The van der Waals surface area contributed by atoms with Gasteiger partial charge in [-0.15, -0.1) is 11.3 Å². The van der Waals surface area contributed by atoms with E-state index in [0.29, 0.717) is 13.2 Å². The second-order valence-corrected chi connectivity index (χ2v) is 8.00. The largest absolute Gasteiger partial charge is 0.377 e. The molecule has 0 saturated carbocycles. The van der Waals surface area contributed by atoms with E-state index in [4.69, 9.17) is 14.7 Å². The number of nitrogens with zero attached hydrogens (tertiary/aromatic N) is 5. The van der Waals surface area contributed by atoms with Gasteiger partial charge >= 0.3 is 0 Å². The van der Waals surface area contributed by atoms with E-state index in [-0.39, 0.29) is 6.04 Å². The number of aliphatic imine (C=N–C) groups is 1. The molecule has 0 bridgehead atoms. The summed E-state index contributed by atoms with van der Waals surface area (Å²) in [6, 6.07) is 10.5. The number of guanidine groups is 1. The summed E-state index contributed by atoms with van der Waals surface area (Å²) >= 11 is 1.65. The summed E-state index contributed by atoms with van der Waals surface area (Å²) in [4.78, 5) is 14.0. The summed E-state index contributed by atoms with van der Waals surface area (Å²) in [5.74, 6) is 2.57. The van der Waals surface area contributed by atoms with E-state index in [0.717, 1.165) is 59.8 Å². The highest BCUT2D eigenvalue weighted by atomic mass is 32.1. The van der Waals surface area contributed by atoms with E-state index in [1.807, 2.05) is 22.9 Å². The molecule has 8 nitrogen and oxygen atoms in total. The monoisotopic (exact) mass is 425 g/mol. The van der Waals surface area contributed by atoms with E-state index in [1.165, 1.54) is 0 Å². The molecule has 1 aliphatic heterocycles. The quantitative estimate of drug-likeness (QED) is 0.447. The van der Waals surface area contributed by atoms with Crippen molar-refractivity contribution in [3.05, 3.63) is 53.1 Å². The number of aromatic nitrogens is 4. The van der Waals surface area contributed by atoms with Crippen molar-refractivity contribution in [1.29, 1.82) is 0 Å². The number of thiazole rings is 1. The molecule has 0 radical (unpaired) electrons. The molecule has 0 amide bonds. The first-order valence-corrected chi connectivity index (χ1v) is 11.1. The normalized spacial score (nSPS) is 16.3. The third-order valence-electron chi connectivity index (χ3n) is 4.83. The minimum absolute atomic E-state index is 0.253. The summed E-state index contributed by atoms with van der Waals surface area (Å²) < 4.78 is 7.12. The van der Waals surface area contributed by atoms with Gasteiger partial charge in [0.1, 0.15) is 17.4 Å². The Morgan fingerprint density at radius 1 is 1.30 bits per heavy atom. The zero-order valence-electron chi connectivity index (χ0n) is 17.3. The maximum atomic E-state index is 5.14. The number of aryl methyl sites for hydroxylation is 1. The fourth-order valence-corrected chi connectivity index (χ4v) is 4.25. The smallest absolute Gasteiger partial charge is 0.191 e. The van der Waals surface area contributed by atoms with Crippen LogP contribution in [0.15, 0.2) is 40.7 Å². The van der Waals surface area contributed by atoms with Gasteiger partial charge in [-0.05, 0) is 13.3 Å². The number of hydrogen-bond donors (Lipinski definition) is 2. The molecule has 1 unspecified atom stereocenters. The van der Waals surface area contributed by atoms with Gasteiger partial charge in [0.25, 0.3) is 0 Å².